The first kappa shape index (κ1) is 56.2. The fourth-order valence-corrected chi connectivity index (χ4v) is 11.4. The second-order valence-corrected chi connectivity index (χ2v) is 22.2. The Labute approximate surface area is 440 Å². The van der Waals surface area contributed by atoms with E-state index < -0.39 is 47.2 Å². The first-order chi connectivity index (χ1) is 35.5. The zero-order chi connectivity index (χ0) is 54.6. The molecule has 0 aromatic heterocycles. The first-order valence-corrected chi connectivity index (χ1v) is 26.8. The van der Waals surface area contributed by atoms with Gasteiger partial charge in [-0.15, -0.1) is 0 Å². The molecule has 8 amide bonds. The number of hydrogen-bond acceptors (Lipinski definition) is 6. The first-order valence-electron chi connectivity index (χ1n) is 26.8. The molecule has 2 heterocycles. The highest BCUT2D eigenvalue weighted by Gasteiger charge is 2.58. The molecule has 8 rings (SSSR count). The number of carbonyl (C=O) groups excluding carboxylic acids is 6. The van der Waals surface area contributed by atoms with Crippen LogP contribution >= 0.6 is 0 Å². The van der Waals surface area contributed by atoms with E-state index >= 15 is 0 Å². The number of carbonyl (C=O) groups is 6. The van der Waals surface area contributed by atoms with Gasteiger partial charge in [-0.3, -0.25) is 29.0 Å². The van der Waals surface area contributed by atoms with Gasteiger partial charge in [0.05, 0.1) is 5.56 Å². The van der Waals surface area contributed by atoms with Gasteiger partial charge in [0.2, 0.25) is 11.8 Å². The van der Waals surface area contributed by atoms with E-state index in [0.29, 0.717) is 43.5 Å². The summed E-state index contributed by atoms with van der Waals surface area (Å²) in [7, 11) is 0. The van der Waals surface area contributed by atoms with Gasteiger partial charge in [-0.2, -0.15) is 13.2 Å². The second kappa shape index (κ2) is 23.2. The smallest absolute Gasteiger partial charge is 0.324 e. The quantitative estimate of drug-likeness (QED) is 0.121. The van der Waals surface area contributed by atoms with E-state index in [1.807, 2.05) is 95.3 Å². The van der Waals surface area contributed by atoms with Gasteiger partial charge >= 0.3 is 18.2 Å². The van der Waals surface area contributed by atoms with Crippen LogP contribution in [-0.4, -0.2) is 79.5 Å². The molecule has 0 bridgehead atoms. The van der Waals surface area contributed by atoms with Crippen LogP contribution < -0.4 is 10.6 Å². The van der Waals surface area contributed by atoms with Gasteiger partial charge in [0.1, 0.15) is 24.2 Å². The highest BCUT2D eigenvalue weighted by atomic mass is 19.4. The zero-order valence-corrected chi connectivity index (χ0v) is 45.2. The molecule has 75 heavy (non-hydrogen) atoms. The van der Waals surface area contributed by atoms with Crippen molar-refractivity contribution in [2.45, 2.75) is 181 Å². The van der Waals surface area contributed by atoms with Gasteiger partial charge < -0.3 is 20.4 Å². The van der Waals surface area contributed by atoms with Crippen molar-refractivity contribution in [3.63, 3.8) is 0 Å². The van der Waals surface area contributed by atoms with E-state index in [0.717, 1.165) is 94.6 Å². The zero-order valence-electron chi connectivity index (χ0n) is 45.2. The standard InChI is InChI=1S/C30H36F3N3O3.C30H39N3O3/c1-19(2)23-9-8-10-24(20(3)4)26(23)34-25(37)18-35-27(38)29(15-6-5-7-16-29)36(28(35)39)17-21-11-13-22(14-12-21)30(31,32)33;1-20(2)24-10-9-11-25(21(3)4)27(24)31-26(34)19-32-28(35)30(16-7-6-8-17-30)33(29(32)36)18-23-14-12-22(5)13-15-23/h8-14,19-20H,5-7,15-18H2,1-4H3,(H,34,37);9-15,20-21H,6-8,16-19H2,1-5H3,(H,31,34). The minimum absolute atomic E-state index is 0.00545. The second-order valence-electron chi connectivity index (χ2n) is 22.2. The number of nitrogens with zero attached hydrogens (tertiary/aromatic N) is 4. The van der Waals surface area contributed by atoms with Crippen LogP contribution in [0, 0.1) is 6.92 Å². The summed E-state index contributed by atoms with van der Waals surface area (Å²) in [6, 6.07) is 23.7. The molecule has 4 fully saturated rings. The van der Waals surface area contributed by atoms with Gasteiger partial charge in [0.25, 0.3) is 11.8 Å². The van der Waals surface area contributed by atoms with Crippen LogP contribution in [0.15, 0.2) is 84.9 Å². The van der Waals surface area contributed by atoms with Gasteiger partial charge in [-0.1, -0.05) is 172 Å². The fourth-order valence-electron chi connectivity index (χ4n) is 11.4. The summed E-state index contributed by atoms with van der Waals surface area (Å²) in [5, 5.41) is 6.04. The maximum Gasteiger partial charge on any atom is 0.416 e. The molecule has 402 valence electrons. The molecule has 2 aliphatic heterocycles. The Balaban J connectivity index is 0.000000219. The van der Waals surface area contributed by atoms with Crippen molar-refractivity contribution in [2.75, 3.05) is 23.7 Å². The molecule has 2 spiro atoms. The van der Waals surface area contributed by atoms with E-state index in [1.54, 1.807) is 4.90 Å². The molecule has 0 unspecified atom stereocenters. The SMILES string of the molecule is CC(C)c1cccc(C(C)C)c1NC(=O)CN1C(=O)N(Cc2ccc(C(F)(F)F)cc2)C2(CCCCC2)C1=O.Cc1ccc(CN2C(=O)N(CC(=O)Nc3c(C(C)C)cccc3C(C)C)C(=O)C23CCCCC3)cc1. The number of aryl methyl sites for hydroxylation is 1. The lowest BCUT2D eigenvalue weighted by atomic mass is 9.80. The molecule has 0 radical (unpaired) electrons. The summed E-state index contributed by atoms with van der Waals surface area (Å²) >= 11 is 0. The molecule has 2 N–H and O–H groups in total. The van der Waals surface area contributed by atoms with Crippen LogP contribution in [0.4, 0.5) is 34.1 Å². The topological polar surface area (TPSA) is 139 Å². The Morgan fingerprint density at radius 3 is 1.13 bits per heavy atom. The van der Waals surface area contributed by atoms with Crippen LogP contribution in [0.5, 0.6) is 0 Å². The van der Waals surface area contributed by atoms with Crippen molar-refractivity contribution in [1.82, 2.24) is 19.6 Å². The van der Waals surface area contributed by atoms with Crippen molar-refractivity contribution in [1.29, 1.82) is 0 Å². The van der Waals surface area contributed by atoms with Crippen LogP contribution in [-0.2, 0) is 38.4 Å². The highest BCUT2D eigenvalue weighted by molar-refractivity contribution is 6.11. The number of hydrogen-bond donors (Lipinski definition) is 2. The highest BCUT2D eigenvalue weighted by Crippen LogP contribution is 2.44. The summed E-state index contributed by atoms with van der Waals surface area (Å²) in [5.41, 5.74) is 5.49. The Bertz CT molecular complexity index is 2690. The van der Waals surface area contributed by atoms with Gasteiger partial charge in [-0.25, -0.2) is 9.59 Å². The van der Waals surface area contributed by atoms with Gasteiger partial charge in [0, 0.05) is 24.5 Å². The van der Waals surface area contributed by atoms with Crippen LogP contribution in [0.25, 0.3) is 0 Å². The molecule has 2 saturated heterocycles. The van der Waals surface area contributed by atoms with E-state index in [4.69, 9.17) is 0 Å². The molecule has 4 aromatic rings. The average molecular weight is 1030 g/mol. The van der Waals surface area contributed by atoms with Crippen molar-refractivity contribution in [2.24, 2.45) is 0 Å². The summed E-state index contributed by atoms with van der Waals surface area (Å²) in [6.45, 7) is 18.2. The van der Waals surface area contributed by atoms with Crippen LogP contribution in [0.3, 0.4) is 0 Å². The lowest BCUT2D eigenvalue weighted by molar-refractivity contribution is -0.137. The molecular formula is C60H75F3N6O6. The lowest BCUT2D eigenvalue weighted by Gasteiger charge is -2.38. The number of anilines is 2. The third-order valence-electron chi connectivity index (χ3n) is 15.6. The Morgan fingerprint density at radius 1 is 0.507 bits per heavy atom. The fraction of sp³-hybridized carbons (Fsp3) is 0.500. The van der Waals surface area contributed by atoms with E-state index in [9.17, 15) is 41.9 Å². The summed E-state index contributed by atoms with van der Waals surface area (Å²) < 4.78 is 39.1. The number of halogens is 3. The number of urea groups is 2. The molecular weight excluding hydrogens is 958 g/mol. The van der Waals surface area contributed by atoms with Crippen LogP contribution in [0.1, 0.15) is 188 Å². The molecule has 2 saturated carbocycles. The molecule has 2 aliphatic carbocycles. The third kappa shape index (κ3) is 12.0. The number of imide groups is 2. The van der Waals surface area contributed by atoms with Crippen molar-refractivity contribution in [3.8, 4) is 0 Å². The summed E-state index contributed by atoms with van der Waals surface area (Å²) in [6.07, 6.45) is 3.07. The maximum atomic E-state index is 13.8. The number of para-hydroxylation sites is 2. The molecule has 0 atom stereocenters. The number of benzene rings is 4. The van der Waals surface area contributed by atoms with Crippen molar-refractivity contribution >= 4 is 47.1 Å². The summed E-state index contributed by atoms with van der Waals surface area (Å²) in [5.74, 6) is -0.679. The largest absolute Gasteiger partial charge is 0.416 e. The monoisotopic (exact) mass is 1030 g/mol. The van der Waals surface area contributed by atoms with Crippen LogP contribution in [0.2, 0.25) is 0 Å². The van der Waals surface area contributed by atoms with E-state index in [-0.39, 0.29) is 54.6 Å². The third-order valence-corrected chi connectivity index (χ3v) is 15.6. The van der Waals surface area contributed by atoms with Gasteiger partial charge in [0.15, 0.2) is 0 Å². The van der Waals surface area contributed by atoms with E-state index in [2.05, 4.69) is 38.3 Å². The average Bonchev–Trinajstić information content (AvgIpc) is 3.65. The summed E-state index contributed by atoms with van der Waals surface area (Å²) in [4.78, 5) is 86.8. The minimum Gasteiger partial charge on any atom is -0.324 e. The maximum absolute atomic E-state index is 13.8. The van der Waals surface area contributed by atoms with Gasteiger partial charge in [-0.05, 0) is 102 Å². The number of alkyl halides is 3. The lowest BCUT2D eigenvalue weighted by Crippen LogP contribution is -2.50. The number of rotatable bonds is 14. The number of nitrogens with one attached hydrogen (secondary N) is 2. The van der Waals surface area contributed by atoms with E-state index in [1.165, 1.54) is 21.9 Å². The Hall–Kier alpha value is -6.51. The molecule has 12 nitrogen and oxygen atoms in total. The number of amides is 8. The Morgan fingerprint density at radius 2 is 0.827 bits per heavy atom. The van der Waals surface area contributed by atoms with Crippen molar-refractivity contribution in [3.05, 3.63) is 129 Å². The van der Waals surface area contributed by atoms with Crippen molar-refractivity contribution < 1.29 is 41.9 Å². The predicted molar refractivity (Wildman–Crippen MR) is 286 cm³/mol. The predicted octanol–water partition coefficient (Wildman–Crippen LogP) is 13.4. The molecule has 4 aliphatic rings. The molecule has 15 heteroatoms. The molecule has 4 aromatic carbocycles. The minimum atomic E-state index is -4.46. The normalized spacial score (nSPS) is 17.5. The Kier molecular flexibility index (Phi) is 17.4.